The Morgan fingerprint density at radius 1 is 1.13 bits per heavy atom. The van der Waals surface area contributed by atoms with E-state index < -0.39 is 14.8 Å². The minimum Gasteiger partial charge on any atom is -0.483 e. The third kappa shape index (κ3) is 6.95. The molecule has 0 aliphatic heterocycles. The van der Waals surface area contributed by atoms with Crippen LogP contribution in [-0.4, -0.2) is 45.2 Å². The Bertz CT molecular complexity index is 1060. The normalized spacial score (nSPS) is 11.6. The summed E-state index contributed by atoms with van der Waals surface area (Å²) in [5, 5.41) is 16.8. The highest BCUT2D eigenvalue weighted by atomic mass is 32.2. The number of hydrogen-bond acceptors (Lipinski definition) is 7. The van der Waals surface area contributed by atoms with Gasteiger partial charge in [-0.25, -0.2) is 8.42 Å². The molecule has 31 heavy (non-hydrogen) atoms. The number of para-hydroxylation sites is 1. The lowest BCUT2D eigenvalue weighted by Gasteiger charge is -2.22. The number of nitro benzene ring substituents is 1. The van der Waals surface area contributed by atoms with E-state index in [2.05, 4.69) is 31.4 Å². The molecule has 0 bridgehead atoms. The number of carbonyl (C=O) groups is 1. The lowest BCUT2D eigenvalue weighted by atomic mass is 9.86. The van der Waals surface area contributed by atoms with Crippen molar-refractivity contribution in [3.05, 3.63) is 58.1 Å². The van der Waals surface area contributed by atoms with E-state index in [1.54, 1.807) is 0 Å². The maximum atomic E-state index is 12.1. The largest absolute Gasteiger partial charge is 0.483 e. The van der Waals surface area contributed by atoms with E-state index in [0.29, 0.717) is 5.75 Å². The fraction of sp³-hybridized carbons (Fsp3) is 0.381. The molecule has 9 nitrogen and oxygen atoms in total. The highest BCUT2D eigenvalue weighted by Crippen LogP contribution is 2.31. The number of benzene rings is 2. The molecule has 0 heterocycles. The van der Waals surface area contributed by atoms with Gasteiger partial charge in [-0.3, -0.25) is 14.9 Å². The number of rotatable bonds is 9. The molecule has 0 atom stereocenters. The van der Waals surface area contributed by atoms with E-state index in [1.165, 1.54) is 12.1 Å². The van der Waals surface area contributed by atoms with Gasteiger partial charge in [0.15, 0.2) is 16.4 Å². The average molecular weight is 450 g/mol. The first-order valence-corrected chi connectivity index (χ1v) is 11.5. The van der Waals surface area contributed by atoms with Crippen molar-refractivity contribution >= 4 is 27.1 Å². The van der Waals surface area contributed by atoms with Crippen LogP contribution in [0.25, 0.3) is 0 Å². The molecular formula is C21H27N3O6S. The van der Waals surface area contributed by atoms with Crippen LogP contribution in [-0.2, 0) is 20.0 Å². The van der Waals surface area contributed by atoms with Crippen LogP contribution in [0, 0.1) is 10.1 Å². The molecule has 2 rings (SSSR count). The average Bonchev–Trinajstić information content (AvgIpc) is 2.68. The number of nitrogens with zero attached hydrogens (tertiary/aromatic N) is 1. The van der Waals surface area contributed by atoms with Crippen LogP contribution in [0.5, 0.6) is 5.75 Å². The lowest BCUT2D eigenvalue weighted by Crippen LogP contribution is -2.33. The smallest absolute Gasteiger partial charge is 0.293 e. The molecular weight excluding hydrogens is 422 g/mol. The summed E-state index contributed by atoms with van der Waals surface area (Å²) in [4.78, 5) is 22.5. The van der Waals surface area contributed by atoms with Gasteiger partial charge < -0.3 is 15.4 Å². The molecule has 1 amide bonds. The van der Waals surface area contributed by atoms with Crippen molar-refractivity contribution in [3.63, 3.8) is 0 Å². The van der Waals surface area contributed by atoms with Gasteiger partial charge in [0.2, 0.25) is 0 Å². The van der Waals surface area contributed by atoms with Crippen molar-refractivity contribution in [2.75, 3.05) is 31.3 Å². The second-order valence-corrected chi connectivity index (χ2v) is 10.0. The van der Waals surface area contributed by atoms with Crippen molar-refractivity contribution < 1.29 is 22.9 Å². The van der Waals surface area contributed by atoms with E-state index in [4.69, 9.17) is 4.74 Å². The summed E-state index contributed by atoms with van der Waals surface area (Å²) >= 11 is 0. The number of amides is 1. The second-order valence-electron chi connectivity index (χ2n) is 8.02. The van der Waals surface area contributed by atoms with Gasteiger partial charge in [-0.15, -0.1) is 0 Å². The number of ether oxygens (including phenoxy) is 1. The first kappa shape index (κ1) is 24.1. The van der Waals surface area contributed by atoms with Gasteiger partial charge in [-0.1, -0.05) is 39.0 Å². The molecule has 0 fully saturated rings. The van der Waals surface area contributed by atoms with Crippen LogP contribution >= 0.6 is 0 Å². The third-order valence-electron chi connectivity index (χ3n) is 4.41. The van der Waals surface area contributed by atoms with Crippen LogP contribution in [0.1, 0.15) is 26.3 Å². The van der Waals surface area contributed by atoms with Crippen molar-refractivity contribution in [1.29, 1.82) is 0 Å². The molecule has 0 saturated heterocycles. The second kappa shape index (κ2) is 9.78. The Hall–Kier alpha value is -3.14. The summed E-state index contributed by atoms with van der Waals surface area (Å²) < 4.78 is 28.8. The maximum Gasteiger partial charge on any atom is 0.293 e. The number of carbonyl (C=O) groups excluding carboxylic acids is 1. The Morgan fingerprint density at radius 2 is 1.81 bits per heavy atom. The van der Waals surface area contributed by atoms with Gasteiger partial charge in [0.1, 0.15) is 11.4 Å². The maximum absolute atomic E-state index is 12.1. The number of anilines is 1. The first-order chi connectivity index (χ1) is 14.4. The van der Waals surface area contributed by atoms with Crippen molar-refractivity contribution in [2.24, 2.45) is 0 Å². The minimum atomic E-state index is -3.56. The molecule has 2 aromatic carbocycles. The fourth-order valence-corrected chi connectivity index (χ4v) is 3.49. The number of nitro groups is 1. The number of hydrogen-bond donors (Lipinski definition) is 2. The molecule has 0 saturated carbocycles. The third-order valence-corrected chi connectivity index (χ3v) is 5.52. The lowest BCUT2D eigenvalue weighted by molar-refractivity contribution is -0.384. The van der Waals surface area contributed by atoms with Crippen LogP contribution in [0.3, 0.4) is 0 Å². The van der Waals surface area contributed by atoms with E-state index >= 15 is 0 Å². The van der Waals surface area contributed by atoms with E-state index in [1.807, 2.05) is 24.3 Å². The Balaban J connectivity index is 1.88. The summed E-state index contributed by atoms with van der Waals surface area (Å²) in [5.74, 6) is 0.317. The molecule has 0 aliphatic rings. The van der Waals surface area contributed by atoms with Crippen LogP contribution in [0.4, 0.5) is 11.4 Å². The van der Waals surface area contributed by atoms with Crippen molar-refractivity contribution in [3.8, 4) is 5.75 Å². The zero-order chi connectivity index (χ0) is 23.2. The molecule has 0 unspecified atom stereocenters. The van der Waals surface area contributed by atoms with Crippen molar-refractivity contribution in [2.45, 2.75) is 31.1 Å². The zero-order valence-electron chi connectivity index (χ0n) is 18.0. The molecule has 2 aromatic rings. The van der Waals surface area contributed by atoms with Crippen molar-refractivity contribution in [1.82, 2.24) is 5.32 Å². The van der Waals surface area contributed by atoms with Gasteiger partial charge in [-0.05, 0) is 29.2 Å². The predicted molar refractivity (Wildman–Crippen MR) is 118 cm³/mol. The summed E-state index contributed by atoms with van der Waals surface area (Å²) in [6.45, 7) is 6.43. The van der Waals surface area contributed by atoms with Gasteiger partial charge >= 0.3 is 0 Å². The standard InChI is InChI=1S/C21H27N3O6S/c1-21(2,3)16-7-5-6-8-19(16)30-14-20(25)23-12-11-22-17-10-9-15(31(4,28)29)13-18(17)24(26)27/h5-10,13,22H,11-12,14H2,1-4H3,(H,23,25). The Kier molecular flexibility index (Phi) is 7.61. The minimum absolute atomic E-state index is 0.127. The molecule has 0 aromatic heterocycles. The van der Waals surface area contributed by atoms with E-state index in [9.17, 15) is 23.3 Å². The predicted octanol–water partition coefficient (Wildman–Crippen LogP) is 2.90. The topological polar surface area (TPSA) is 128 Å². The van der Waals surface area contributed by atoms with Gasteiger partial charge in [-0.2, -0.15) is 0 Å². The molecule has 168 valence electrons. The zero-order valence-corrected chi connectivity index (χ0v) is 18.8. The molecule has 0 spiro atoms. The van der Waals surface area contributed by atoms with Gasteiger partial charge in [0.25, 0.3) is 11.6 Å². The van der Waals surface area contributed by atoms with Crippen LogP contribution in [0.15, 0.2) is 47.4 Å². The molecule has 10 heteroatoms. The highest BCUT2D eigenvalue weighted by molar-refractivity contribution is 7.90. The van der Waals surface area contributed by atoms with E-state index in [-0.39, 0.29) is 47.3 Å². The highest BCUT2D eigenvalue weighted by Gasteiger charge is 2.20. The van der Waals surface area contributed by atoms with Crippen LogP contribution in [0.2, 0.25) is 0 Å². The molecule has 0 aliphatic carbocycles. The monoisotopic (exact) mass is 449 g/mol. The Morgan fingerprint density at radius 3 is 2.42 bits per heavy atom. The number of sulfone groups is 1. The van der Waals surface area contributed by atoms with Gasteiger partial charge in [0.05, 0.1) is 9.82 Å². The van der Waals surface area contributed by atoms with Crippen LogP contribution < -0.4 is 15.4 Å². The Labute approximate surface area is 181 Å². The number of nitrogens with one attached hydrogen (secondary N) is 2. The summed E-state index contributed by atoms with van der Waals surface area (Å²) in [6, 6.07) is 11.2. The first-order valence-electron chi connectivity index (χ1n) is 9.61. The van der Waals surface area contributed by atoms with E-state index in [0.717, 1.165) is 17.9 Å². The summed E-state index contributed by atoms with van der Waals surface area (Å²) in [5.41, 5.74) is 0.686. The summed E-state index contributed by atoms with van der Waals surface area (Å²) in [7, 11) is -3.56. The molecule has 2 N–H and O–H groups in total. The SMILES string of the molecule is CC(C)(C)c1ccccc1OCC(=O)NCCNc1ccc(S(C)(=O)=O)cc1[N+](=O)[O-]. The van der Waals surface area contributed by atoms with Gasteiger partial charge in [0, 0.05) is 25.4 Å². The summed E-state index contributed by atoms with van der Waals surface area (Å²) in [6.07, 6.45) is 0.983. The quantitative estimate of drug-likeness (QED) is 0.342. The fourth-order valence-electron chi connectivity index (χ4n) is 2.85. The molecule has 0 radical (unpaired) electrons.